The van der Waals surface area contributed by atoms with Gasteiger partial charge in [-0.2, -0.15) is 0 Å². The number of primary sulfonamides is 1. The molecule has 3 rings (SSSR count). The fourth-order valence-corrected chi connectivity index (χ4v) is 3.69. The van der Waals surface area contributed by atoms with Crippen LogP contribution in [0.4, 0.5) is 5.69 Å². The third kappa shape index (κ3) is 2.85. The van der Waals surface area contributed by atoms with Crippen LogP contribution in [0.25, 0.3) is 5.57 Å². The highest BCUT2D eigenvalue weighted by Crippen LogP contribution is 2.32. The largest absolute Gasteiger partial charge is 0.510 e. The maximum atomic E-state index is 11.3. The number of amidine groups is 1. The summed E-state index contributed by atoms with van der Waals surface area (Å²) in [6.07, 6.45) is 0. The number of aliphatic hydroxyl groups excluding tert-OH is 1. The quantitative estimate of drug-likeness (QED) is 0.780. The van der Waals surface area contributed by atoms with E-state index in [1.807, 2.05) is 12.3 Å². The highest BCUT2D eigenvalue weighted by molar-refractivity contribution is 7.89. The van der Waals surface area contributed by atoms with Gasteiger partial charge in [-0.05, 0) is 31.2 Å². The molecule has 4 N–H and O–H groups in total. The molecule has 1 aromatic carbocycles. The van der Waals surface area contributed by atoms with Crippen LogP contribution in [0.15, 0.2) is 40.3 Å². The molecule has 0 aliphatic carbocycles. The summed E-state index contributed by atoms with van der Waals surface area (Å²) in [7, 11) is -3.76. The molecule has 0 fully saturated rings. The molecule has 0 unspecified atom stereocenters. The highest BCUT2D eigenvalue weighted by Gasteiger charge is 2.31. The van der Waals surface area contributed by atoms with Gasteiger partial charge in [0.25, 0.3) is 0 Å². The van der Waals surface area contributed by atoms with E-state index in [2.05, 4.69) is 4.98 Å². The fourth-order valence-electron chi connectivity index (χ4n) is 2.31. The number of aliphatic hydroxyl groups is 1. The second kappa shape index (κ2) is 5.44. The van der Waals surface area contributed by atoms with Crippen molar-refractivity contribution in [3.8, 4) is 0 Å². The van der Waals surface area contributed by atoms with Crippen LogP contribution in [0.5, 0.6) is 0 Å². The number of sulfonamides is 1. The van der Waals surface area contributed by atoms with Gasteiger partial charge < -0.3 is 10.0 Å². The standard InChI is InChI=1S/C14H14N4O3S2/c1-8-7-22-14(17-8)12-11(19)6-18(13(12)15)9-2-4-10(5-3-9)23(16,20)21/h2-5,7,15,19H,6H2,1H3,(H2,16,20,21). The lowest BCUT2D eigenvalue weighted by molar-refractivity contribution is 0.411. The Bertz CT molecular complexity index is 914. The average Bonchev–Trinajstić information content (AvgIpc) is 3.02. The summed E-state index contributed by atoms with van der Waals surface area (Å²) in [6.45, 7) is 1.99. The zero-order valence-corrected chi connectivity index (χ0v) is 13.8. The first-order chi connectivity index (χ1) is 10.8. The van der Waals surface area contributed by atoms with Crippen LogP contribution >= 0.6 is 11.3 Å². The predicted octanol–water partition coefficient (Wildman–Crippen LogP) is 1.87. The monoisotopic (exact) mass is 350 g/mol. The minimum atomic E-state index is -3.76. The summed E-state index contributed by atoms with van der Waals surface area (Å²) in [4.78, 5) is 5.88. The van der Waals surface area contributed by atoms with Gasteiger partial charge in [0, 0.05) is 16.8 Å². The predicted molar refractivity (Wildman–Crippen MR) is 89.3 cm³/mol. The topological polar surface area (TPSA) is 120 Å². The lowest BCUT2D eigenvalue weighted by atomic mass is 10.2. The van der Waals surface area contributed by atoms with Gasteiger partial charge in [-0.15, -0.1) is 11.3 Å². The Morgan fingerprint density at radius 1 is 1.35 bits per heavy atom. The van der Waals surface area contributed by atoms with Crippen LogP contribution in [0.1, 0.15) is 10.7 Å². The normalized spacial score (nSPS) is 15.6. The van der Waals surface area contributed by atoms with Gasteiger partial charge in [-0.3, -0.25) is 5.41 Å². The Balaban J connectivity index is 1.91. The number of nitrogens with two attached hydrogens (primary N) is 1. The van der Waals surface area contributed by atoms with Gasteiger partial charge >= 0.3 is 0 Å². The highest BCUT2D eigenvalue weighted by atomic mass is 32.2. The number of benzene rings is 1. The van der Waals surface area contributed by atoms with Crippen LogP contribution < -0.4 is 10.0 Å². The smallest absolute Gasteiger partial charge is 0.238 e. The van der Waals surface area contributed by atoms with E-state index in [0.29, 0.717) is 16.3 Å². The van der Waals surface area contributed by atoms with Crippen molar-refractivity contribution >= 4 is 38.5 Å². The second-order valence-corrected chi connectivity index (χ2v) is 7.51. The Morgan fingerprint density at radius 2 is 2.00 bits per heavy atom. The third-order valence-electron chi connectivity index (χ3n) is 3.41. The summed E-state index contributed by atoms with van der Waals surface area (Å²) < 4.78 is 22.6. The maximum absolute atomic E-state index is 11.3. The van der Waals surface area contributed by atoms with Gasteiger partial charge in [0.1, 0.15) is 16.6 Å². The molecular formula is C14H14N4O3S2. The number of aromatic nitrogens is 1. The Kier molecular flexibility index (Phi) is 3.71. The van der Waals surface area contributed by atoms with Gasteiger partial charge in [0.15, 0.2) is 0 Å². The summed E-state index contributed by atoms with van der Waals surface area (Å²) in [5.41, 5.74) is 1.82. The number of aryl methyl sites for hydroxylation is 1. The number of nitrogens with one attached hydrogen (secondary N) is 1. The zero-order valence-electron chi connectivity index (χ0n) is 12.1. The molecule has 1 aliphatic heterocycles. The molecule has 9 heteroatoms. The van der Waals surface area contributed by atoms with E-state index >= 15 is 0 Å². The van der Waals surface area contributed by atoms with Crippen molar-refractivity contribution in [2.45, 2.75) is 11.8 Å². The van der Waals surface area contributed by atoms with Crippen molar-refractivity contribution in [2.24, 2.45) is 5.14 Å². The minimum absolute atomic E-state index is 0.0000644. The Hall–Kier alpha value is -2.23. The Morgan fingerprint density at radius 3 is 2.52 bits per heavy atom. The molecule has 0 saturated heterocycles. The van der Waals surface area contributed by atoms with Crippen molar-refractivity contribution < 1.29 is 13.5 Å². The minimum Gasteiger partial charge on any atom is -0.510 e. The molecule has 0 radical (unpaired) electrons. The summed E-state index contributed by atoms with van der Waals surface area (Å²) >= 11 is 1.37. The third-order valence-corrected chi connectivity index (χ3v) is 5.32. The maximum Gasteiger partial charge on any atom is 0.238 e. The van der Waals surface area contributed by atoms with Gasteiger partial charge in [0.05, 0.1) is 17.0 Å². The number of hydrogen-bond acceptors (Lipinski definition) is 6. The van der Waals surface area contributed by atoms with E-state index in [-0.39, 0.29) is 23.0 Å². The molecule has 1 aliphatic rings. The van der Waals surface area contributed by atoms with Crippen LogP contribution in [-0.2, 0) is 10.0 Å². The first kappa shape index (κ1) is 15.7. The molecule has 0 amide bonds. The SMILES string of the molecule is Cc1csc(C2=C(O)CN(c3ccc(S(N)(=O)=O)cc3)C2=N)n1. The molecule has 1 aromatic heterocycles. The van der Waals surface area contributed by atoms with E-state index in [4.69, 9.17) is 10.5 Å². The van der Waals surface area contributed by atoms with Gasteiger partial charge in [0.2, 0.25) is 10.0 Å². The molecule has 0 bridgehead atoms. The van der Waals surface area contributed by atoms with Crippen molar-refractivity contribution in [3.63, 3.8) is 0 Å². The molecule has 120 valence electrons. The number of nitrogens with zero attached hydrogens (tertiary/aromatic N) is 2. The number of thiazole rings is 1. The van der Waals surface area contributed by atoms with Crippen molar-refractivity contribution in [1.29, 1.82) is 5.41 Å². The first-order valence-corrected chi connectivity index (χ1v) is 9.04. The summed E-state index contributed by atoms with van der Waals surface area (Å²) in [6, 6.07) is 5.86. The van der Waals surface area contributed by atoms with E-state index in [0.717, 1.165) is 5.69 Å². The molecule has 0 atom stereocenters. The van der Waals surface area contributed by atoms with Gasteiger partial charge in [-0.1, -0.05) is 0 Å². The second-order valence-electron chi connectivity index (χ2n) is 5.09. The van der Waals surface area contributed by atoms with Crippen LogP contribution in [0.3, 0.4) is 0 Å². The first-order valence-electron chi connectivity index (χ1n) is 6.61. The molecule has 23 heavy (non-hydrogen) atoms. The molecule has 7 nitrogen and oxygen atoms in total. The fraction of sp³-hybridized carbons (Fsp3) is 0.143. The van der Waals surface area contributed by atoms with E-state index in [9.17, 15) is 13.5 Å². The van der Waals surface area contributed by atoms with Crippen molar-refractivity contribution in [3.05, 3.63) is 46.1 Å². The van der Waals surface area contributed by atoms with Crippen molar-refractivity contribution in [2.75, 3.05) is 11.4 Å². The van der Waals surface area contributed by atoms with Crippen LogP contribution in [0.2, 0.25) is 0 Å². The average molecular weight is 350 g/mol. The summed E-state index contributed by atoms with van der Waals surface area (Å²) in [5.74, 6) is 0.195. The number of hydrogen-bond donors (Lipinski definition) is 3. The molecular weight excluding hydrogens is 336 g/mol. The van der Waals surface area contributed by atoms with Gasteiger partial charge in [-0.25, -0.2) is 18.5 Å². The van der Waals surface area contributed by atoms with E-state index < -0.39 is 10.0 Å². The van der Waals surface area contributed by atoms with E-state index in [1.165, 1.54) is 23.5 Å². The zero-order chi connectivity index (χ0) is 16.8. The van der Waals surface area contributed by atoms with Crippen LogP contribution in [-0.4, -0.2) is 30.9 Å². The lowest BCUT2D eigenvalue weighted by Crippen LogP contribution is -2.26. The number of rotatable bonds is 3. The van der Waals surface area contributed by atoms with Crippen LogP contribution in [0, 0.1) is 12.3 Å². The Labute approximate surface area is 137 Å². The molecule has 2 aromatic rings. The van der Waals surface area contributed by atoms with Crippen molar-refractivity contribution in [1.82, 2.24) is 4.98 Å². The molecule has 2 heterocycles. The molecule has 0 spiro atoms. The van der Waals surface area contributed by atoms with E-state index in [1.54, 1.807) is 17.0 Å². The summed E-state index contributed by atoms with van der Waals surface area (Å²) in [5, 5.41) is 26.0. The lowest BCUT2D eigenvalue weighted by Gasteiger charge is -2.18. The molecule has 0 saturated carbocycles. The number of anilines is 1.